The molecule has 4 heterocycles. The van der Waals surface area contributed by atoms with E-state index in [0.717, 1.165) is 37.0 Å². The minimum Gasteiger partial charge on any atom is -0.365 e. The first kappa shape index (κ1) is 26.7. The Labute approximate surface area is 226 Å². The molecule has 2 amide bonds. The van der Waals surface area contributed by atoms with Crippen molar-refractivity contribution in [2.24, 2.45) is 0 Å². The standard InChI is InChI=1S/C28H34FN7O3/c1-16(2)31-26-25-24(33-34-26)17(14-35-10-4-5-11-35)13-21(32-25)19-9-8-18-20(23(19)29)15-36(28(18)39)22(7-6-12-37)27(38)30-3/h8-9,12-13,16,22H,4-7,10-11,14-15H2,1-3H3,(H,30,38)(H2,31,33,34). The smallest absolute Gasteiger partial charge is 0.255 e. The van der Waals surface area contributed by atoms with Crippen LogP contribution in [0.2, 0.25) is 0 Å². The molecule has 39 heavy (non-hydrogen) atoms. The lowest BCUT2D eigenvalue weighted by Crippen LogP contribution is -2.46. The molecule has 1 atom stereocenters. The van der Waals surface area contributed by atoms with Gasteiger partial charge in [0.25, 0.3) is 5.91 Å². The molecule has 1 fully saturated rings. The van der Waals surface area contributed by atoms with Gasteiger partial charge in [0.15, 0.2) is 5.82 Å². The van der Waals surface area contributed by atoms with E-state index in [2.05, 4.69) is 25.7 Å². The van der Waals surface area contributed by atoms with Gasteiger partial charge in [0.05, 0.1) is 17.8 Å². The maximum atomic E-state index is 16.2. The summed E-state index contributed by atoms with van der Waals surface area (Å²) in [7, 11) is 1.47. The summed E-state index contributed by atoms with van der Waals surface area (Å²) in [5.41, 5.74) is 3.64. The first-order valence-electron chi connectivity index (χ1n) is 13.5. The summed E-state index contributed by atoms with van der Waals surface area (Å²) in [6.07, 6.45) is 3.30. The summed E-state index contributed by atoms with van der Waals surface area (Å²) in [6.45, 7) is 6.68. The van der Waals surface area contributed by atoms with Crippen LogP contribution in [0.3, 0.4) is 0 Å². The second-order valence-electron chi connectivity index (χ2n) is 10.5. The van der Waals surface area contributed by atoms with Crippen LogP contribution in [0.25, 0.3) is 22.3 Å². The third-order valence-corrected chi connectivity index (χ3v) is 7.45. The highest BCUT2D eigenvalue weighted by Crippen LogP contribution is 2.35. The van der Waals surface area contributed by atoms with Crippen molar-refractivity contribution < 1.29 is 18.8 Å². The Balaban J connectivity index is 1.56. The molecule has 206 valence electrons. The fraction of sp³-hybridized carbons (Fsp3) is 0.464. The van der Waals surface area contributed by atoms with Crippen molar-refractivity contribution in [3.05, 3.63) is 40.7 Å². The van der Waals surface area contributed by atoms with Gasteiger partial charge in [-0.15, -0.1) is 0 Å². The zero-order valence-electron chi connectivity index (χ0n) is 22.5. The van der Waals surface area contributed by atoms with Crippen molar-refractivity contribution in [1.82, 2.24) is 30.3 Å². The molecule has 0 saturated carbocycles. The van der Waals surface area contributed by atoms with Gasteiger partial charge in [-0.2, -0.15) is 5.10 Å². The second kappa shape index (κ2) is 11.1. The summed E-state index contributed by atoms with van der Waals surface area (Å²) in [5, 5.41) is 13.4. The molecule has 3 aromatic rings. The molecule has 0 radical (unpaired) electrons. The highest BCUT2D eigenvalue weighted by atomic mass is 19.1. The molecule has 10 nitrogen and oxygen atoms in total. The molecule has 0 spiro atoms. The Bertz CT molecular complexity index is 1410. The number of aromatic amines is 1. The maximum Gasteiger partial charge on any atom is 0.255 e. The van der Waals surface area contributed by atoms with E-state index in [1.54, 1.807) is 12.1 Å². The molecule has 2 aromatic heterocycles. The Hall–Kier alpha value is -3.86. The van der Waals surface area contributed by atoms with Crippen molar-refractivity contribution in [2.45, 2.75) is 64.7 Å². The third kappa shape index (κ3) is 5.10. The summed E-state index contributed by atoms with van der Waals surface area (Å²) < 4.78 is 16.2. The quantitative estimate of drug-likeness (QED) is 0.341. The number of fused-ring (bicyclic) bond motifs is 2. The van der Waals surface area contributed by atoms with E-state index in [1.807, 2.05) is 19.9 Å². The number of H-pyrrole nitrogens is 1. The van der Waals surface area contributed by atoms with Crippen LogP contribution in [0.15, 0.2) is 18.2 Å². The molecular formula is C28H34FN7O3. The number of nitrogens with zero attached hydrogens (tertiary/aromatic N) is 4. The normalized spacial score (nSPS) is 16.2. The lowest BCUT2D eigenvalue weighted by molar-refractivity contribution is -0.125. The van der Waals surface area contributed by atoms with Crippen LogP contribution in [0.5, 0.6) is 0 Å². The highest BCUT2D eigenvalue weighted by molar-refractivity contribution is 6.02. The van der Waals surface area contributed by atoms with Crippen molar-refractivity contribution in [2.75, 3.05) is 25.5 Å². The van der Waals surface area contributed by atoms with Gasteiger partial charge in [0, 0.05) is 42.7 Å². The van der Waals surface area contributed by atoms with Crippen molar-refractivity contribution in [3.63, 3.8) is 0 Å². The van der Waals surface area contributed by atoms with E-state index in [1.165, 1.54) is 11.9 Å². The molecule has 1 unspecified atom stereocenters. The van der Waals surface area contributed by atoms with E-state index >= 15 is 4.39 Å². The molecule has 2 aliphatic heterocycles. The molecule has 2 aliphatic rings. The fourth-order valence-corrected chi connectivity index (χ4v) is 5.52. The number of benzene rings is 1. The highest BCUT2D eigenvalue weighted by Gasteiger charge is 2.38. The fourth-order valence-electron chi connectivity index (χ4n) is 5.52. The van der Waals surface area contributed by atoms with Crippen molar-refractivity contribution in [3.8, 4) is 11.3 Å². The number of likely N-dealkylation sites (N-methyl/N-ethyl adjacent to an activating group) is 1. The van der Waals surface area contributed by atoms with Gasteiger partial charge < -0.3 is 20.3 Å². The van der Waals surface area contributed by atoms with Gasteiger partial charge in [0.1, 0.15) is 23.7 Å². The average molecular weight is 536 g/mol. The zero-order chi connectivity index (χ0) is 27.7. The number of rotatable bonds is 10. The number of hydrogen-bond acceptors (Lipinski definition) is 7. The van der Waals surface area contributed by atoms with Crippen LogP contribution in [0.1, 0.15) is 61.0 Å². The van der Waals surface area contributed by atoms with Gasteiger partial charge in [-0.3, -0.25) is 19.6 Å². The Morgan fingerprint density at radius 2 is 1.97 bits per heavy atom. The van der Waals surface area contributed by atoms with Crippen molar-refractivity contribution >= 4 is 35.0 Å². The number of pyridine rings is 1. The van der Waals surface area contributed by atoms with Gasteiger partial charge in [0.2, 0.25) is 5.91 Å². The Kier molecular flexibility index (Phi) is 7.60. The lowest BCUT2D eigenvalue weighted by Gasteiger charge is -2.25. The van der Waals surface area contributed by atoms with E-state index in [-0.39, 0.29) is 48.0 Å². The summed E-state index contributed by atoms with van der Waals surface area (Å²) >= 11 is 0. The zero-order valence-corrected chi connectivity index (χ0v) is 22.5. The lowest BCUT2D eigenvalue weighted by atomic mass is 10.0. The van der Waals surface area contributed by atoms with Crippen LogP contribution in [0, 0.1) is 5.82 Å². The number of carbonyl (C=O) groups excluding carboxylic acids is 3. The van der Waals surface area contributed by atoms with Gasteiger partial charge in [-0.25, -0.2) is 9.37 Å². The van der Waals surface area contributed by atoms with Crippen molar-refractivity contribution in [1.29, 1.82) is 0 Å². The SMILES string of the molecule is CNC(=O)C(CCC=O)N1Cc2c(ccc(-c3cc(CN4CCCC4)c4[nH]nc(NC(C)C)c4n3)c2F)C1=O. The largest absolute Gasteiger partial charge is 0.365 e. The topological polar surface area (TPSA) is 123 Å². The number of anilines is 1. The van der Waals surface area contributed by atoms with Gasteiger partial charge in [-0.05, 0) is 70.0 Å². The van der Waals surface area contributed by atoms with Crippen LogP contribution in [-0.4, -0.2) is 75.3 Å². The number of aldehydes is 1. The van der Waals surface area contributed by atoms with Crippen LogP contribution >= 0.6 is 0 Å². The van der Waals surface area contributed by atoms with Gasteiger partial charge >= 0.3 is 0 Å². The number of halogens is 1. The predicted molar refractivity (Wildman–Crippen MR) is 146 cm³/mol. The molecule has 1 aromatic carbocycles. The monoisotopic (exact) mass is 535 g/mol. The van der Waals surface area contributed by atoms with Crippen LogP contribution in [-0.2, 0) is 22.7 Å². The molecule has 0 bridgehead atoms. The first-order chi connectivity index (χ1) is 18.8. The number of likely N-dealkylation sites (tertiary alicyclic amines) is 1. The van der Waals surface area contributed by atoms with E-state index < -0.39 is 17.8 Å². The predicted octanol–water partition coefficient (Wildman–Crippen LogP) is 3.23. The molecule has 0 aliphatic carbocycles. The number of hydrogen-bond donors (Lipinski definition) is 3. The number of aromatic nitrogens is 3. The average Bonchev–Trinajstić information content (AvgIpc) is 3.65. The van der Waals surface area contributed by atoms with E-state index in [4.69, 9.17) is 4.98 Å². The summed E-state index contributed by atoms with van der Waals surface area (Å²) in [4.78, 5) is 45.2. The molecular weight excluding hydrogens is 501 g/mol. The molecule has 1 saturated heterocycles. The number of carbonyl (C=O) groups is 3. The minimum atomic E-state index is -0.861. The second-order valence-corrected chi connectivity index (χ2v) is 10.5. The summed E-state index contributed by atoms with van der Waals surface area (Å²) in [5.74, 6) is -0.736. The number of nitrogens with one attached hydrogen (secondary N) is 3. The minimum absolute atomic E-state index is 0.0560. The summed E-state index contributed by atoms with van der Waals surface area (Å²) in [6, 6.07) is 4.35. The molecule has 5 rings (SSSR count). The first-order valence-corrected chi connectivity index (χ1v) is 13.5. The van der Waals surface area contributed by atoms with Crippen LogP contribution < -0.4 is 10.6 Å². The maximum absolute atomic E-state index is 16.2. The van der Waals surface area contributed by atoms with E-state index in [0.29, 0.717) is 29.9 Å². The number of amides is 2. The Morgan fingerprint density at radius 1 is 1.23 bits per heavy atom. The third-order valence-electron chi connectivity index (χ3n) is 7.45. The van der Waals surface area contributed by atoms with Crippen LogP contribution in [0.4, 0.5) is 10.2 Å². The molecule has 11 heteroatoms. The Morgan fingerprint density at radius 3 is 2.67 bits per heavy atom. The van der Waals surface area contributed by atoms with E-state index in [9.17, 15) is 14.4 Å². The molecule has 3 N–H and O–H groups in total. The van der Waals surface area contributed by atoms with Gasteiger partial charge in [-0.1, -0.05) is 0 Å².